The van der Waals surface area contributed by atoms with Gasteiger partial charge in [0.2, 0.25) is 0 Å². The van der Waals surface area contributed by atoms with Gasteiger partial charge in [0.25, 0.3) is 0 Å². The highest BCUT2D eigenvalue weighted by Gasteiger charge is 1.98. The van der Waals surface area contributed by atoms with Crippen molar-refractivity contribution < 1.29 is 0 Å². The molecule has 66 valence electrons. The van der Waals surface area contributed by atoms with E-state index in [1.807, 2.05) is 11.8 Å². The van der Waals surface area contributed by atoms with Crippen molar-refractivity contribution in [3.05, 3.63) is 29.8 Å². The Kier molecular flexibility index (Phi) is 4.23. The highest BCUT2D eigenvalue weighted by Crippen LogP contribution is 2.22. The maximum atomic E-state index is 2.24. The topological polar surface area (TPSA) is 0 Å². The number of thioether (sulfide) groups is 1. The first kappa shape index (κ1) is 9.66. The number of hydrogen-bond donors (Lipinski definition) is 0. The zero-order valence-corrected chi connectivity index (χ0v) is 8.66. The summed E-state index contributed by atoms with van der Waals surface area (Å²) in [6, 6.07) is 8.71. The van der Waals surface area contributed by atoms with E-state index in [1.165, 1.54) is 29.1 Å². The fraction of sp³-hybridized carbons (Fsp3) is 0.455. The second-order valence-electron chi connectivity index (χ2n) is 2.79. The normalized spacial score (nSPS) is 10.2. The van der Waals surface area contributed by atoms with Gasteiger partial charge in [-0.3, -0.25) is 0 Å². The molecule has 0 atom stereocenters. The van der Waals surface area contributed by atoms with Gasteiger partial charge >= 0.3 is 0 Å². The smallest absolute Gasteiger partial charge is 0.0104 e. The Bertz CT molecular complexity index is 205. The standard InChI is InChI=1S/C11H16S/c1-3-7-10-8-5-6-9-11(10)12-4-2/h5-6,8-9H,3-4,7H2,1-2H3. The van der Waals surface area contributed by atoms with Crippen LogP contribution in [0.25, 0.3) is 0 Å². The molecule has 0 bridgehead atoms. The zero-order valence-electron chi connectivity index (χ0n) is 7.84. The second-order valence-corrected chi connectivity index (χ2v) is 4.10. The molecule has 0 saturated heterocycles. The number of rotatable bonds is 4. The molecular weight excluding hydrogens is 164 g/mol. The molecule has 0 aliphatic rings. The zero-order chi connectivity index (χ0) is 8.81. The van der Waals surface area contributed by atoms with Crippen LogP contribution >= 0.6 is 11.8 Å². The lowest BCUT2D eigenvalue weighted by Crippen LogP contribution is -1.86. The maximum absolute atomic E-state index is 2.24. The molecule has 0 radical (unpaired) electrons. The summed E-state index contributed by atoms with van der Waals surface area (Å²) in [5.41, 5.74) is 1.51. The van der Waals surface area contributed by atoms with Crippen molar-refractivity contribution in [2.24, 2.45) is 0 Å². The number of aryl methyl sites for hydroxylation is 1. The van der Waals surface area contributed by atoms with E-state index >= 15 is 0 Å². The van der Waals surface area contributed by atoms with E-state index in [0.29, 0.717) is 0 Å². The van der Waals surface area contributed by atoms with Gasteiger partial charge in [-0.1, -0.05) is 38.5 Å². The molecule has 0 nitrogen and oxygen atoms in total. The Hall–Kier alpha value is -0.430. The van der Waals surface area contributed by atoms with Gasteiger partial charge in [-0.25, -0.2) is 0 Å². The van der Waals surface area contributed by atoms with Crippen molar-refractivity contribution >= 4 is 11.8 Å². The second kappa shape index (κ2) is 5.26. The molecule has 0 heterocycles. The average Bonchev–Trinajstić information content (AvgIpc) is 2.09. The van der Waals surface area contributed by atoms with Crippen LogP contribution in [-0.4, -0.2) is 5.75 Å². The van der Waals surface area contributed by atoms with Gasteiger partial charge in [-0.2, -0.15) is 0 Å². The molecule has 0 fully saturated rings. The lowest BCUT2D eigenvalue weighted by Gasteiger charge is -2.05. The molecule has 0 N–H and O–H groups in total. The Morgan fingerprint density at radius 3 is 2.58 bits per heavy atom. The number of hydrogen-bond acceptors (Lipinski definition) is 1. The summed E-state index contributed by atoms with van der Waals surface area (Å²) < 4.78 is 0. The molecule has 0 spiro atoms. The van der Waals surface area contributed by atoms with Crippen LogP contribution in [0.5, 0.6) is 0 Å². The summed E-state index contributed by atoms with van der Waals surface area (Å²) in [6.07, 6.45) is 2.45. The molecule has 1 rings (SSSR count). The minimum absolute atomic E-state index is 1.17. The summed E-state index contributed by atoms with van der Waals surface area (Å²) in [6.45, 7) is 4.43. The molecule has 0 amide bonds. The SMILES string of the molecule is CCCc1ccccc1SCC. The molecule has 0 unspecified atom stereocenters. The predicted octanol–water partition coefficient (Wildman–Crippen LogP) is 3.75. The number of benzene rings is 1. The highest BCUT2D eigenvalue weighted by molar-refractivity contribution is 7.99. The van der Waals surface area contributed by atoms with Crippen molar-refractivity contribution in [1.29, 1.82) is 0 Å². The quantitative estimate of drug-likeness (QED) is 0.636. The van der Waals surface area contributed by atoms with Gasteiger partial charge in [0.15, 0.2) is 0 Å². The van der Waals surface area contributed by atoms with E-state index in [-0.39, 0.29) is 0 Å². The van der Waals surface area contributed by atoms with E-state index in [4.69, 9.17) is 0 Å². The van der Waals surface area contributed by atoms with E-state index in [1.54, 1.807) is 0 Å². The Morgan fingerprint density at radius 1 is 1.17 bits per heavy atom. The largest absolute Gasteiger partial charge is 0.126 e. The molecule has 0 aliphatic carbocycles. The lowest BCUT2D eigenvalue weighted by atomic mass is 10.1. The van der Waals surface area contributed by atoms with E-state index in [2.05, 4.69) is 38.1 Å². The summed E-state index contributed by atoms with van der Waals surface area (Å²) in [7, 11) is 0. The van der Waals surface area contributed by atoms with Gasteiger partial charge < -0.3 is 0 Å². The van der Waals surface area contributed by atoms with Gasteiger partial charge in [-0.05, 0) is 23.8 Å². The van der Waals surface area contributed by atoms with Gasteiger partial charge in [0, 0.05) is 4.90 Å². The first-order valence-corrected chi connectivity index (χ1v) is 5.57. The van der Waals surface area contributed by atoms with Crippen LogP contribution < -0.4 is 0 Å². The predicted molar refractivity (Wildman–Crippen MR) is 56.8 cm³/mol. The third-order valence-corrected chi connectivity index (χ3v) is 2.79. The lowest BCUT2D eigenvalue weighted by molar-refractivity contribution is 0.901. The van der Waals surface area contributed by atoms with E-state index < -0.39 is 0 Å². The van der Waals surface area contributed by atoms with Crippen LogP contribution in [0, 0.1) is 0 Å². The molecule has 1 aromatic rings. The van der Waals surface area contributed by atoms with E-state index in [0.717, 1.165) is 0 Å². The molecular formula is C11H16S. The van der Waals surface area contributed by atoms with Crippen molar-refractivity contribution in [3.63, 3.8) is 0 Å². The Morgan fingerprint density at radius 2 is 1.92 bits per heavy atom. The van der Waals surface area contributed by atoms with Crippen molar-refractivity contribution in [2.75, 3.05) is 5.75 Å². The molecule has 0 saturated carbocycles. The van der Waals surface area contributed by atoms with Crippen LogP contribution in [0.2, 0.25) is 0 Å². The summed E-state index contributed by atoms with van der Waals surface area (Å²) in [5, 5.41) is 0. The first-order valence-electron chi connectivity index (χ1n) is 4.59. The molecule has 0 aromatic heterocycles. The maximum Gasteiger partial charge on any atom is 0.0104 e. The van der Waals surface area contributed by atoms with Crippen LogP contribution in [-0.2, 0) is 6.42 Å². The Labute approximate surface area is 79.4 Å². The molecule has 1 aromatic carbocycles. The van der Waals surface area contributed by atoms with Gasteiger partial charge in [0.1, 0.15) is 0 Å². The first-order chi connectivity index (χ1) is 5.88. The minimum Gasteiger partial charge on any atom is -0.126 e. The third kappa shape index (κ3) is 2.56. The minimum atomic E-state index is 1.17. The third-order valence-electron chi connectivity index (χ3n) is 1.79. The Balaban J connectivity index is 2.77. The summed E-state index contributed by atoms with van der Waals surface area (Å²) >= 11 is 1.94. The van der Waals surface area contributed by atoms with E-state index in [9.17, 15) is 0 Å². The monoisotopic (exact) mass is 180 g/mol. The highest BCUT2D eigenvalue weighted by atomic mass is 32.2. The summed E-state index contributed by atoms with van der Waals surface area (Å²) in [5.74, 6) is 1.17. The van der Waals surface area contributed by atoms with Crippen LogP contribution in [0.15, 0.2) is 29.2 Å². The van der Waals surface area contributed by atoms with Crippen molar-refractivity contribution in [2.45, 2.75) is 31.6 Å². The van der Waals surface area contributed by atoms with Crippen LogP contribution in [0.3, 0.4) is 0 Å². The molecule has 1 heteroatoms. The summed E-state index contributed by atoms with van der Waals surface area (Å²) in [4.78, 5) is 1.46. The average molecular weight is 180 g/mol. The van der Waals surface area contributed by atoms with Crippen molar-refractivity contribution in [1.82, 2.24) is 0 Å². The van der Waals surface area contributed by atoms with Crippen molar-refractivity contribution in [3.8, 4) is 0 Å². The van der Waals surface area contributed by atoms with Crippen LogP contribution in [0.1, 0.15) is 25.8 Å². The fourth-order valence-corrected chi connectivity index (χ4v) is 2.12. The van der Waals surface area contributed by atoms with Crippen LogP contribution in [0.4, 0.5) is 0 Å². The molecule has 0 aliphatic heterocycles. The van der Waals surface area contributed by atoms with Gasteiger partial charge in [0.05, 0.1) is 0 Å². The van der Waals surface area contributed by atoms with Gasteiger partial charge in [-0.15, -0.1) is 11.8 Å². The fourth-order valence-electron chi connectivity index (χ4n) is 1.28. The molecule has 12 heavy (non-hydrogen) atoms.